The number of aliphatic hydroxyl groups is 1. The van der Waals surface area contributed by atoms with Gasteiger partial charge in [0, 0.05) is 31.7 Å². The zero-order valence-electron chi connectivity index (χ0n) is 14.7. The minimum absolute atomic E-state index is 0.0371. The molecule has 1 unspecified atom stereocenters. The first-order valence-electron chi connectivity index (χ1n) is 9.10. The molecule has 1 atom stereocenters. The Morgan fingerprint density at radius 3 is 2.79 bits per heavy atom. The summed E-state index contributed by atoms with van der Waals surface area (Å²) in [5.74, 6) is 0. The molecule has 5 nitrogen and oxygen atoms in total. The molecule has 1 aromatic rings. The minimum atomic E-state index is -0.236. The van der Waals surface area contributed by atoms with Gasteiger partial charge in [-0.2, -0.15) is 0 Å². The van der Waals surface area contributed by atoms with E-state index in [0.29, 0.717) is 25.2 Å². The summed E-state index contributed by atoms with van der Waals surface area (Å²) in [6.07, 6.45) is 3.41. The zero-order valence-corrected chi connectivity index (χ0v) is 14.7. The molecule has 0 aromatic heterocycles. The Balaban J connectivity index is 1.57. The van der Waals surface area contributed by atoms with Crippen molar-refractivity contribution < 1.29 is 9.90 Å². The highest BCUT2D eigenvalue weighted by molar-refractivity contribution is 5.75. The van der Waals surface area contributed by atoms with E-state index >= 15 is 0 Å². The molecule has 5 heteroatoms. The largest absolute Gasteiger partial charge is 0.394 e. The van der Waals surface area contributed by atoms with Crippen molar-refractivity contribution in [1.82, 2.24) is 15.1 Å². The van der Waals surface area contributed by atoms with Crippen molar-refractivity contribution in [3.05, 3.63) is 35.4 Å². The van der Waals surface area contributed by atoms with Crippen molar-refractivity contribution >= 4 is 6.03 Å². The van der Waals surface area contributed by atoms with Gasteiger partial charge < -0.3 is 15.3 Å². The highest BCUT2D eigenvalue weighted by Gasteiger charge is 2.32. The number of benzene rings is 1. The number of nitrogens with one attached hydrogen (secondary N) is 1. The van der Waals surface area contributed by atoms with E-state index in [1.165, 1.54) is 18.4 Å². The van der Waals surface area contributed by atoms with Crippen LogP contribution in [0.15, 0.2) is 24.3 Å². The summed E-state index contributed by atoms with van der Waals surface area (Å²) >= 11 is 0. The molecule has 0 bridgehead atoms. The van der Waals surface area contributed by atoms with Crippen LogP contribution in [0.25, 0.3) is 0 Å². The van der Waals surface area contributed by atoms with Crippen LogP contribution in [-0.4, -0.2) is 59.3 Å². The standard InChI is InChI=1S/C19H29N3O2/c1-14(2)21(16-7-8-16)12-10-20-19(24)22-11-9-15-5-3-4-6-17(15)18(22)13-23/h3-6,14,16,18,23H,7-13H2,1-2H3,(H,20,24). The van der Waals surface area contributed by atoms with Crippen LogP contribution in [0.3, 0.4) is 0 Å². The fourth-order valence-corrected chi connectivity index (χ4v) is 3.75. The van der Waals surface area contributed by atoms with Gasteiger partial charge in [-0.3, -0.25) is 4.90 Å². The van der Waals surface area contributed by atoms with E-state index < -0.39 is 0 Å². The Hall–Kier alpha value is -1.59. The maximum atomic E-state index is 12.6. The number of fused-ring (bicyclic) bond motifs is 1. The van der Waals surface area contributed by atoms with Crippen molar-refractivity contribution in [2.24, 2.45) is 0 Å². The summed E-state index contributed by atoms with van der Waals surface area (Å²) in [4.78, 5) is 16.8. The number of amides is 2. The molecule has 2 N–H and O–H groups in total. The summed E-state index contributed by atoms with van der Waals surface area (Å²) in [5, 5.41) is 12.8. The summed E-state index contributed by atoms with van der Waals surface area (Å²) in [6.45, 7) is 6.59. The van der Waals surface area contributed by atoms with Crippen molar-refractivity contribution in [2.45, 2.75) is 51.2 Å². The molecular formula is C19H29N3O2. The molecule has 0 radical (unpaired) electrons. The molecule has 1 heterocycles. The monoisotopic (exact) mass is 331 g/mol. The third kappa shape index (κ3) is 3.73. The average Bonchev–Trinajstić information content (AvgIpc) is 3.41. The number of carbonyl (C=O) groups excluding carboxylic acids is 1. The van der Waals surface area contributed by atoms with Gasteiger partial charge in [0.2, 0.25) is 0 Å². The molecule has 2 amide bonds. The van der Waals surface area contributed by atoms with E-state index in [-0.39, 0.29) is 18.7 Å². The number of hydrogen-bond donors (Lipinski definition) is 2. The summed E-state index contributed by atoms with van der Waals surface area (Å²) < 4.78 is 0. The predicted octanol–water partition coefficient (Wildman–Crippen LogP) is 2.16. The molecule has 0 spiro atoms. The van der Waals surface area contributed by atoms with Gasteiger partial charge in [-0.25, -0.2) is 4.79 Å². The van der Waals surface area contributed by atoms with E-state index in [2.05, 4.69) is 30.1 Å². The lowest BCUT2D eigenvalue weighted by Crippen LogP contribution is -2.49. The number of carbonyl (C=O) groups is 1. The fourth-order valence-electron chi connectivity index (χ4n) is 3.75. The maximum Gasteiger partial charge on any atom is 0.318 e. The topological polar surface area (TPSA) is 55.8 Å². The molecule has 1 aromatic carbocycles. The van der Waals surface area contributed by atoms with Crippen LogP contribution < -0.4 is 5.32 Å². The van der Waals surface area contributed by atoms with Crippen LogP contribution in [0, 0.1) is 0 Å². The van der Waals surface area contributed by atoms with E-state index in [1.807, 2.05) is 18.2 Å². The second-order valence-electron chi connectivity index (χ2n) is 7.14. The smallest absolute Gasteiger partial charge is 0.318 e. The first-order chi connectivity index (χ1) is 11.6. The van der Waals surface area contributed by atoms with E-state index in [4.69, 9.17) is 0 Å². The van der Waals surface area contributed by atoms with Crippen molar-refractivity contribution in [2.75, 3.05) is 26.2 Å². The van der Waals surface area contributed by atoms with Gasteiger partial charge in [0.15, 0.2) is 0 Å². The molecule has 1 fully saturated rings. The van der Waals surface area contributed by atoms with Gasteiger partial charge in [0.1, 0.15) is 0 Å². The van der Waals surface area contributed by atoms with Crippen LogP contribution >= 0.6 is 0 Å². The molecule has 1 aliphatic heterocycles. The van der Waals surface area contributed by atoms with Crippen LogP contribution in [0.4, 0.5) is 4.79 Å². The van der Waals surface area contributed by atoms with Crippen molar-refractivity contribution in [3.8, 4) is 0 Å². The lowest BCUT2D eigenvalue weighted by atomic mass is 9.93. The first kappa shape index (κ1) is 17.2. The van der Waals surface area contributed by atoms with Crippen LogP contribution in [-0.2, 0) is 6.42 Å². The average molecular weight is 331 g/mol. The van der Waals surface area contributed by atoms with Gasteiger partial charge in [-0.1, -0.05) is 24.3 Å². The van der Waals surface area contributed by atoms with Gasteiger partial charge in [0.25, 0.3) is 0 Å². The second kappa shape index (κ2) is 7.53. The Labute approximate surface area is 144 Å². The van der Waals surface area contributed by atoms with Crippen LogP contribution in [0.1, 0.15) is 43.9 Å². The minimum Gasteiger partial charge on any atom is -0.394 e. The Morgan fingerprint density at radius 2 is 2.12 bits per heavy atom. The lowest BCUT2D eigenvalue weighted by molar-refractivity contribution is 0.125. The van der Waals surface area contributed by atoms with Crippen molar-refractivity contribution in [3.63, 3.8) is 0 Å². The number of urea groups is 1. The van der Waals surface area contributed by atoms with Crippen LogP contribution in [0.2, 0.25) is 0 Å². The molecular weight excluding hydrogens is 302 g/mol. The van der Waals surface area contributed by atoms with Gasteiger partial charge in [-0.05, 0) is 44.2 Å². The lowest BCUT2D eigenvalue weighted by Gasteiger charge is -2.36. The molecule has 24 heavy (non-hydrogen) atoms. The number of hydrogen-bond acceptors (Lipinski definition) is 3. The maximum absolute atomic E-state index is 12.6. The number of rotatable bonds is 6. The van der Waals surface area contributed by atoms with E-state index in [9.17, 15) is 9.90 Å². The highest BCUT2D eigenvalue weighted by atomic mass is 16.3. The third-order valence-corrected chi connectivity index (χ3v) is 5.17. The zero-order chi connectivity index (χ0) is 17.1. The SMILES string of the molecule is CC(C)N(CCNC(=O)N1CCc2ccccc2C1CO)C1CC1. The molecule has 1 saturated carbocycles. The third-order valence-electron chi connectivity index (χ3n) is 5.17. The Bertz CT molecular complexity index is 569. The number of aliphatic hydroxyl groups excluding tert-OH is 1. The Morgan fingerprint density at radius 1 is 1.38 bits per heavy atom. The molecule has 1 aliphatic carbocycles. The van der Waals surface area contributed by atoms with Gasteiger partial charge in [-0.15, -0.1) is 0 Å². The van der Waals surface area contributed by atoms with Gasteiger partial charge >= 0.3 is 6.03 Å². The Kier molecular flexibility index (Phi) is 5.41. The predicted molar refractivity (Wildman–Crippen MR) is 94.9 cm³/mol. The molecule has 2 aliphatic rings. The molecule has 3 rings (SSSR count). The normalized spacial score (nSPS) is 20.4. The summed E-state index contributed by atoms with van der Waals surface area (Å²) in [6, 6.07) is 9.01. The fraction of sp³-hybridized carbons (Fsp3) is 0.632. The first-order valence-corrected chi connectivity index (χ1v) is 9.10. The number of nitrogens with zero attached hydrogens (tertiary/aromatic N) is 2. The quantitative estimate of drug-likeness (QED) is 0.840. The van der Waals surface area contributed by atoms with Crippen molar-refractivity contribution in [1.29, 1.82) is 0 Å². The molecule has 0 saturated heterocycles. The second-order valence-corrected chi connectivity index (χ2v) is 7.14. The molecule has 132 valence electrons. The summed E-state index contributed by atoms with van der Waals surface area (Å²) in [7, 11) is 0. The van der Waals surface area contributed by atoms with E-state index in [1.54, 1.807) is 4.90 Å². The van der Waals surface area contributed by atoms with Gasteiger partial charge in [0.05, 0.1) is 12.6 Å². The van der Waals surface area contributed by atoms with Crippen LogP contribution in [0.5, 0.6) is 0 Å². The van der Waals surface area contributed by atoms with E-state index in [0.717, 1.165) is 18.5 Å². The summed E-state index contributed by atoms with van der Waals surface area (Å²) in [5.41, 5.74) is 2.31. The highest BCUT2D eigenvalue weighted by Crippen LogP contribution is 2.29.